The third-order valence-electron chi connectivity index (χ3n) is 2.79. The predicted molar refractivity (Wildman–Crippen MR) is 74.7 cm³/mol. The van der Waals surface area contributed by atoms with Gasteiger partial charge < -0.3 is 9.84 Å². The smallest absolute Gasteiger partial charge is 0.306 e. The molecular weight excluding hydrogens is 296 g/mol. The SMILES string of the molecule is CCOCCCC(Cc1ccc(Br)cc1)C(=O)O. The molecule has 1 unspecified atom stereocenters. The molecule has 0 heterocycles. The van der Waals surface area contributed by atoms with Gasteiger partial charge in [-0.25, -0.2) is 0 Å². The topological polar surface area (TPSA) is 46.5 Å². The first-order chi connectivity index (χ1) is 8.63. The Bertz CT molecular complexity index is 362. The van der Waals surface area contributed by atoms with Crippen LogP contribution < -0.4 is 0 Å². The normalized spacial score (nSPS) is 12.3. The van der Waals surface area contributed by atoms with Crippen LogP contribution in [0.3, 0.4) is 0 Å². The Labute approximate surface area is 116 Å². The second-order valence-electron chi connectivity index (χ2n) is 4.20. The molecule has 0 radical (unpaired) electrons. The summed E-state index contributed by atoms with van der Waals surface area (Å²) in [5.41, 5.74) is 1.06. The van der Waals surface area contributed by atoms with Crippen LogP contribution in [0.5, 0.6) is 0 Å². The van der Waals surface area contributed by atoms with Crippen LogP contribution >= 0.6 is 15.9 Å². The van der Waals surface area contributed by atoms with Crippen LogP contribution in [0.15, 0.2) is 28.7 Å². The van der Waals surface area contributed by atoms with Gasteiger partial charge in [-0.3, -0.25) is 4.79 Å². The van der Waals surface area contributed by atoms with E-state index in [1.807, 2.05) is 31.2 Å². The number of benzene rings is 1. The number of carboxylic acid groups (broad SMARTS) is 1. The van der Waals surface area contributed by atoms with Crippen LogP contribution in [0.25, 0.3) is 0 Å². The van der Waals surface area contributed by atoms with Crippen molar-refractivity contribution >= 4 is 21.9 Å². The average Bonchev–Trinajstić information content (AvgIpc) is 2.35. The molecule has 0 amide bonds. The highest BCUT2D eigenvalue weighted by Crippen LogP contribution is 2.17. The lowest BCUT2D eigenvalue weighted by Crippen LogP contribution is -2.17. The fraction of sp³-hybridized carbons (Fsp3) is 0.500. The van der Waals surface area contributed by atoms with Gasteiger partial charge in [-0.05, 0) is 43.9 Å². The third kappa shape index (κ3) is 5.65. The number of hydrogen-bond acceptors (Lipinski definition) is 2. The van der Waals surface area contributed by atoms with Gasteiger partial charge in [0.15, 0.2) is 0 Å². The lowest BCUT2D eigenvalue weighted by Gasteiger charge is -2.12. The molecule has 0 aliphatic heterocycles. The number of aliphatic carboxylic acids is 1. The fourth-order valence-electron chi connectivity index (χ4n) is 1.79. The Morgan fingerprint density at radius 2 is 2.06 bits per heavy atom. The van der Waals surface area contributed by atoms with Crippen molar-refractivity contribution in [2.24, 2.45) is 5.92 Å². The maximum atomic E-state index is 11.2. The van der Waals surface area contributed by atoms with E-state index in [0.717, 1.165) is 16.5 Å². The maximum Gasteiger partial charge on any atom is 0.306 e. The summed E-state index contributed by atoms with van der Waals surface area (Å²) in [5, 5.41) is 9.20. The number of hydrogen-bond donors (Lipinski definition) is 1. The molecule has 0 saturated heterocycles. The van der Waals surface area contributed by atoms with E-state index in [9.17, 15) is 9.90 Å². The monoisotopic (exact) mass is 314 g/mol. The van der Waals surface area contributed by atoms with Crippen LogP contribution in [0.4, 0.5) is 0 Å². The van der Waals surface area contributed by atoms with Crippen LogP contribution in [0, 0.1) is 5.92 Å². The van der Waals surface area contributed by atoms with Gasteiger partial charge in [-0.2, -0.15) is 0 Å². The molecule has 18 heavy (non-hydrogen) atoms. The number of carboxylic acids is 1. The molecule has 0 aliphatic carbocycles. The van der Waals surface area contributed by atoms with Crippen LogP contribution in [-0.4, -0.2) is 24.3 Å². The molecule has 1 aromatic carbocycles. The number of halogens is 1. The van der Waals surface area contributed by atoms with Gasteiger partial charge in [0.1, 0.15) is 0 Å². The van der Waals surface area contributed by atoms with Crippen LogP contribution in [0.1, 0.15) is 25.3 Å². The van der Waals surface area contributed by atoms with Gasteiger partial charge in [-0.1, -0.05) is 28.1 Å². The highest BCUT2D eigenvalue weighted by atomic mass is 79.9. The lowest BCUT2D eigenvalue weighted by molar-refractivity contribution is -0.142. The van der Waals surface area contributed by atoms with Crippen molar-refractivity contribution in [2.45, 2.75) is 26.2 Å². The summed E-state index contributed by atoms with van der Waals surface area (Å²) in [6.07, 6.45) is 2.03. The first kappa shape index (κ1) is 15.2. The van der Waals surface area contributed by atoms with Crippen molar-refractivity contribution < 1.29 is 14.6 Å². The van der Waals surface area contributed by atoms with E-state index < -0.39 is 5.97 Å². The summed E-state index contributed by atoms with van der Waals surface area (Å²) < 4.78 is 6.24. The third-order valence-corrected chi connectivity index (χ3v) is 3.32. The Kier molecular flexibility index (Phi) is 6.98. The maximum absolute atomic E-state index is 11.2. The zero-order valence-electron chi connectivity index (χ0n) is 10.6. The Hall–Kier alpha value is -0.870. The van der Waals surface area contributed by atoms with Crippen LogP contribution in [-0.2, 0) is 16.0 Å². The van der Waals surface area contributed by atoms with E-state index in [1.54, 1.807) is 0 Å². The van der Waals surface area contributed by atoms with E-state index in [-0.39, 0.29) is 5.92 Å². The molecule has 1 N–H and O–H groups in total. The standard InChI is InChI=1S/C14H19BrO3/c1-2-18-9-3-4-12(14(16)17)10-11-5-7-13(15)8-6-11/h5-8,12H,2-4,9-10H2,1H3,(H,16,17). The number of carbonyl (C=O) groups is 1. The molecule has 0 saturated carbocycles. The van der Waals surface area contributed by atoms with Gasteiger partial charge in [0.05, 0.1) is 5.92 Å². The molecule has 100 valence electrons. The zero-order valence-corrected chi connectivity index (χ0v) is 12.1. The summed E-state index contributed by atoms with van der Waals surface area (Å²) in [4.78, 5) is 11.2. The second kappa shape index (κ2) is 8.27. The molecule has 3 nitrogen and oxygen atoms in total. The molecule has 1 aromatic rings. The lowest BCUT2D eigenvalue weighted by atomic mass is 9.95. The second-order valence-corrected chi connectivity index (χ2v) is 5.12. The largest absolute Gasteiger partial charge is 0.481 e. The molecule has 0 aliphatic rings. The Morgan fingerprint density at radius 3 is 2.61 bits per heavy atom. The van der Waals surface area contributed by atoms with Crippen molar-refractivity contribution in [3.8, 4) is 0 Å². The predicted octanol–water partition coefficient (Wildman–Crippen LogP) is 3.51. The fourth-order valence-corrected chi connectivity index (χ4v) is 2.06. The number of rotatable bonds is 8. The van der Waals surface area contributed by atoms with Gasteiger partial charge in [-0.15, -0.1) is 0 Å². The minimum atomic E-state index is -0.727. The van der Waals surface area contributed by atoms with Gasteiger partial charge in [0, 0.05) is 17.7 Å². The van der Waals surface area contributed by atoms with Crippen molar-refractivity contribution in [1.82, 2.24) is 0 Å². The molecular formula is C14H19BrO3. The van der Waals surface area contributed by atoms with E-state index in [1.165, 1.54) is 0 Å². The highest BCUT2D eigenvalue weighted by Gasteiger charge is 2.17. The molecule has 0 spiro atoms. The average molecular weight is 315 g/mol. The molecule has 1 rings (SSSR count). The summed E-state index contributed by atoms with van der Waals surface area (Å²) in [7, 11) is 0. The van der Waals surface area contributed by atoms with E-state index >= 15 is 0 Å². The Morgan fingerprint density at radius 1 is 1.39 bits per heavy atom. The van der Waals surface area contributed by atoms with E-state index in [4.69, 9.17) is 4.74 Å². The molecule has 0 aromatic heterocycles. The summed E-state index contributed by atoms with van der Waals surface area (Å²) in [6, 6.07) is 7.80. The molecule has 1 atom stereocenters. The van der Waals surface area contributed by atoms with Crippen molar-refractivity contribution in [1.29, 1.82) is 0 Å². The molecule has 0 fully saturated rings. The zero-order chi connectivity index (χ0) is 13.4. The first-order valence-electron chi connectivity index (χ1n) is 6.18. The summed E-state index contributed by atoms with van der Waals surface area (Å²) in [5.74, 6) is -1.05. The first-order valence-corrected chi connectivity index (χ1v) is 6.97. The molecule has 4 heteroatoms. The summed E-state index contributed by atoms with van der Waals surface area (Å²) in [6.45, 7) is 3.27. The minimum Gasteiger partial charge on any atom is -0.481 e. The molecule has 0 bridgehead atoms. The van der Waals surface area contributed by atoms with Gasteiger partial charge in [0.2, 0.25) is 0 Å². The Balaban J connectivity index is 2.47. The minimum absolute atomic E-state index is 0.327. The quantitative estimate of drug-likeness (QED) is 0.747. The van der Waals surface area contributed by atoms with Gasteiger partial charge >= 0.3 is 5.97 Å². The van der Waals surface area contributed by atoms with Crippen molar-refractivity contribution in [2.75, 3.05) is 13.2 Å². The van der Waals surface area contributed by atoms with Crippen LogP contribution in [0.2, 0.25) is 0 Å². The van der Waals surface area contributed by atoms with Crippen molar-refractivity contribution in [3.63, 3.8) is 0 Å². The number of ether oxygens (including phenoxy) is 1. The van der Waals surface area contributed by atoms with Gasteiger partial charge in [0.25, 0.3) is 0 Å². The highest BCUT2D eigenvalue weighted by molar-refractivity contribution is 9.10. The van der Waals surface area contributed by atoms with E-state index in [2.05, 4.69) is 15.9 Å². The van der Waals surface area contributed by atoms with Crippen molar-refractivity contribution in [3.05, 3.63) is 34.3 Å². The van der Waals surface area contributed by atoms with E-state index in [0.29, 0.717) is 26.1 Å². The summed E-state index contributed by atoms with van der Waals surface area (Å²) >= 11 is 3.37.